The molecule has 1 aliphatic rings. The summed E-state index contributed by atoms with van der Waals surface area (Å²) in [6.45, 7) is 4.75. The molecule has 0 bridgehead atoms. The zero-order valence-corrected chi connectivity index (χ0v) is 16.6. The molecule has 0 aromatic heterocycles. The molecule has 2 rings (SSSR count). The van der Waals surface area contributed by atoms with Crippen molar-refractivity contribution in [2.45, 2.75) is 56.0 Å². The summed E-state index contributed by atoms with van der Waals surface area (Å²) in [5, 5.41) is 9.32. The van der Waals surface area contributed by atoms with Crippen LogP contribution in [0, 0.1) is 5.92 Å². The first-order valence-corrected chi connectivity index (χ1v) is 10.2. The fourth-order valence-electron chi connectivity index (χ4n) is 3.08. The van der Waals surface area contributed by atoms with Crippen molar-refractivity contribution in [3.8, 4) is 5.75 Å². The number of hydrogen-bond acceptors (Lipinski definition) is 3. The molecule has 2 atom stereocenters. The van der Waals surface area contributed by atoms with E-state index >= 15 is 0 Å². The van der Waals surface area contributed by atoms with Crippen molar-refractivity contribution < 1.29 is 14.6 Å². The van der Waals surface area contributed by atoms with E-state index in [1.165, 1.54) is 24.8 Å². The SMILES string of the molecule is CCCCCCOc1ccc(CN2CCCC(C(=O)O)C2I)cc1. The topological polar surface area (TPSA) is 49.8 Å². The number of halogens is 1. The van der Waals surface area contributed by atoms with E-state index in [0.29, 0.717) is 0 Å². The summed E-state index contributed by atoms with van der Waals surface area (Å²) < 4.78 is 5.83. The monoisotopic (exact) mass is 445 g/mol. The van der Waals surface area contributed by atoms with Gasteiger partial charge in [-0.3, -0.25) is 9.69 Å². The van der Waals surface area contributed by atoms with Gasteiger partial charge in [0.1, 0.15) is 5.75 Å². The number of unbranched alkanes of at least 4 members (excludes halogenated alkanes) is 3. The van der Waals surface area contributed by atoms with Crippen molar-refractivity contribution in [2.75, 3.05) is 13.2 Å². The molecular weight excluding hydrogens is 417 g/mol. The molecule has 5 heteroatoms. The van der Waals surface area contributed by atoms with E-state index in [9.17, 15) is 9.90 Å². The predicted molar refractivity (Wildman–Crippen MR) is 105 cm³/mol. The highest BCUT2D eigenvalue weighted by Crippen LogP contribution is 2.30. The molecule has 1 aliphatic heterocycles. The van der Waals surface area contributed by atoms with Crippen molar-refractivity contribution in [1.29, 1.82) is 0 Å². The maximum Gasteiger partial charge on any atom is 0.308 e. The van der Waals surface area contributed by atoms with Crippen LogP contribution in [0.25, 0.3) is 0 Å². The molecule has 0 radical (unpaired) electrons. The number of ether oxygens (including phenoxy) is 1. The third-order valence-electron chi connectivity index (χ3n) is 4.53. The Bertz CT molecular complexity index is 506. The lowest BCUT2D eigenvalue weighted by Gasteiger charge is -2.36. The lowest BCUT2D eigenvalue weighted by molar-refractivity contribution is -0.144. The van der Waals surface area contributed by atoms with E-state index in [1.54, 1.807) is 0 Å². The molecule has 1 fully saturated rings. The molecule has 1 aromatic carbocycles. The second-order valence-corrected chi connectivity index (χ2v) is 7.76. The molecule has 4 nitrogen and oxygen atoms in total. The van der Waals surface area contributed by atoms with Crippen molar-refractivity contribution >= 4 is 28.6 Å². The zero-order chi connectivity index (χ0) is 17.4. The first kappa shape index (κ1) is 19.5. The average molecular weight is 445 g/mol. The molecule has 1 heterocycles. The number of benzene rings is 1. The minimum atomic E-state index is -0.675. The van der Waals surface area contributed by atoms with Gasteiger partial charge in [-0.15, -0.1) is 0 Å². The van der Waals surface area contributed by atoms with Gasteiger partial charge < -0.3 is 9.84 Å². The van der Waals surface area contributed by atoms with Crippen LogP contribution in [0.5, 0.6) is 5.75 Å². The standard InChI is InChI=1S/C19H28INO3/c1-2-3-4-5-13-24-16-10-8-15(9-11-16)14-21-12-6-7-17(18(21)20)19(22)23/h8-11,17-18H,2-7,12-14H2,1H3,(H,22,23). The average Bonchev–Trinajstić information content (AvgIpc) is 2.58. The molecule has 1 saturated heterocycles. The van der Waals surface area contributed by atoms with Crippen LogP contribution in [0.1, 0.15) is 51.0 Å². The molecule has 1 N–H and O–H groups in total. The number of nitrogens with zero attached hydrogens (tertiary/aromatic N) is 1. The van der Waals surface area contributed by atoms with Crippen LogP contribution in [0.4, 0.5) is 0 Å². The van der Waals surface area contributed by atoms with Gasteiger partial charge in [0.25, 0.3) is 0 Å². The molecule has 0 amide bonds. The fraction of sp³-hybridized carbons (Fsp3) is 0.632. The third kappa shape index (κ3) is 5.92. The minimum Gasteiger partial charge on any atom is -0.494 e. The summed E-state index contributed by atoms with van der Waals surface area (Å²) in [4.78, 5) is 13.6. The van der Waals surface area contributed by atoms with Gasteiger partial charge >= 0.3 is 5.97 Å². The Kier molecular flexibility index (Phi) is 8.32. The van der Waals surface area contributed by atoms with Crippen LogP contribution in [0.2, 0.25) is 0 Å². The summed E-state index contributed by atoms with van der Waals surface area (Å²) in [6.07, 6.45) is 6.58. The summed E-state index contributed by atoms with van der Waals surface area (Å²) in [7, 11) is 0. The van der Waals surface area contributed by atoms with Crippen molar-refractivity contribution in [2.24, 2.45) is 5.92 Å². The van der Waals surface area contributed by atoms with Crippen LogP contribution in [-0.2, 0) is 11.3 Å². The predicted octanol–water partition coefficient (Wildman–Crippen LogP) is 4.70. The van der Waals surface area contributed by atoms with E-state index < -0.39 is 5.97 Å². The van der Waals surface area contributed by atoms with E-state index in [-0.39, 0.29) is 9.97 Å². The summed E-state index contributed by atoms with van der Waals surface area (Å²) in [5.41, 5.74) is 1.21. The van der Waals surface area contributed by atoms with E-state index in [2.05, 4.69) is 46.5 Å². The quantitative estimate of drug-likeness (QED) is 0.259. The maximum atomic E-state index is 11.3. The summed E-state index contributed by atoms with van der Waals surface area (Å²) >= 11 is 2.28. The lowest BCUT2D eigenvalue weighted by atomic mass is 9.98. The molecule has 0 saturated carbocycles. The number of carboxylic acid groups (broad SMARTS) is 1. The summed E-state index contributed by atoms with van der Waals surface area (Å²) in [6, 6.07) is 8.23. The van der Waals surface area contributed by atoms with Crippen molar-refractivity contribution in [3.63, 3.8) is 0 Å². The number of aliphatic carboxylic acids is 1. The van der Waals surface area contributed by atoms with Gasteiger partial charge in [-0.25, -0.2) is 0 Å². The van der Waals surface area contributed by atoms with Crippen LogP contribution >= 0.6 is 22.6 Å². The normalized spacial score (nSPS) is 21.6. The van der Waals surface area contributed by atoms with Crippen LogP contribution in [0.15, 0.2) is 24.3 Å². The Morgan fingerprint density at radius 3 is 2.71 bits per heavy atom. The van der Waals surface area contributed by atoms with Crippen molar-refractivity contribution in [3.05, 3.63) is 29.8 Å². The first-order valence-electron chi connectivity index (χ1n) is 8.94. The Hall–Kier alpha value is -0.820. The Morgan fingerprint density at radius 1 is 1.29 bits per heavy atom. The molecule has 0 aliphatic carbocycles. The number of carbonyl (C=O) groups is 1. The van der Waals surface area contributed by atoms with Gasteiger partial charge in [-0.1, -0.05) is 60.9 Å². The number of carboxylic acids is 1. The third-order valence-corrected chi connectivity index (χ3v) is 6.19. The molecule has 24 heavy (non-hydrogen) atoms. The Balaban J connectivity index is 1.81. The molecule has 2 unspecified atom stereocenters. The second-order valence-electron chi connectivity index (χ2n) is 6.48. The molecule has 134 valence electrons. The Morgan fingerprint density at radius 2 is 2.04 bits per heavy atom. The van der Waals surface area contributed by atoms with Gasteiger partial charge in [0.05, 0.1) is 16.6 Å². The first-order chi connectivity index (χ1) is 11.6. The van der Waals surface area contributed by atoms with Gasteiger partial charge in [-0.2, -0.15) is 0 Å². The van der Waals surface area contributed by atoms with Crippen molar-refractivity contribution in [1.82, 2.24) is 4.90 Å². The number of likely N-dealkylation sites (tertiary alicyclic amines) is 1. The van der Waals surface area contributed by atoms with Gasteiger partial charge in [0.15, 0.2) is 0 Å². The smallest absolute Gasteiger partial charge is 0.308 e. The minimum absolute atomic E-state index is 0.0587. The van der Waals surface area contributed by atoms with Gasteiger partial charge in [0, 0.05) is 6.54 Å². The highest BCUT2D eigenvalue weighted by molar-refractivity contribution is 14.1. The largest absolute Gasteiger partial charge is 0.494 e. The molecule has 1 aromatic rings. The van der Waals surface area contributed by atoms with Crippen LogP contribution in [-0.4, -0.2) is 33.2 Å². The molecule has 0 spiro atoms. The van der Waals surface area contributed by atoms with Crippen LogP contribution in [0.3, 0.4) is 0 Å². The van der Waals surface area contributed by atoms with Crippen LogP contribution < -0.4 is 4.74 Å². The maximum absolute atomic E-state index is 11.3. The number of alkyl halides is 1. The van der Waals surface area contributed by atoms with E-state index in [4.69, 9.17) is 4.74 Å². The van der Waals surface area contributed by atoms with Gasteiger partial charge in [-0.05, 0) is 43.5 Å². The number of rotatable bonds is 9. The number of piperidine rings is 1. The van der Waals surface area contributed by atoms with E-state index in [0.717, 1.165) is 44.7 Å². The Labute approximate surface area is 158 Å². The fourth-order valence-corrected chi connectivity index (χ4v) is 4.22. The molecular formula is C19H28INO3. The lowest BCUT2D eigenvalue weighted by Crippen LogP contribution is -2.43. The highest BCUT2D eigenvalue weighted by Gasteiger charge is 2.33. The second kappa shape index (κ2) is 10.2. The highest BCUT2D eigenvalue weighted by atomic mass is 127. The van der Waals surface area contributed by atoms with Gasteiger partial charge in [0.2, 0.25) is 0 Å². The van der Waals surface area contributed by atoms with E-state index in [1.807, 2.05) is 12.1 Å². The summed E-state index contributed by atoms with van der Waals surface area (Å²) in [5.74, 6) is -0.0145. The zero-order valence-electron chi connectivity index (χ0n) is 14.4. The number of hydrogen-bond donors (Lipinski definition) is 1.